The minimum atomic E-state index is -0.239. The van der Waals surface area contributed by atoms with Crippen LogP contribution in [0.4, 0.5) is 0 Å². The van der Waals surface area contributed by atoms with Crippen molar-refractivity contribution in [1.82, 2.24) is 14.3 Å². The van der Waals surface area contributed by atoms with E-state index in [2.05, 4.69) is 10.1 Å². The SMILES string of the molecule is CC(C)N=c1ccccn1C(=O)c1ccc(Cn2cccn2)o1. The Bertz CT molecular complexity index is 857. The summed E-state index contributed by atoms with van der Waals surface area (Å²) in [4.78, 5) is 17.1. The van der Waals surface area contributed by atoms with Crippen molar-refractivity contribution in [3.8, 4) is 0 Å². The largest absolute Gasteiger partial charge is 0.454 e. The van der Waals surface area contributed by atoms with Crippen molar-refractivity contribution in [3.05, 3.63) is 72.0 Å². The molecular formula is C17H18N4O2. The molecule has 0 unspecified atom stereocenters. The zero-order chi connectivity index (χ0) is 16.2. The van der Waals surface area contributed by atoms with Crippen LogP contribution in [0.25, 0.3) is 0 Å². The molecule has 118 valence electrons. The van der Waals surface area contributed by atoms with E-state index in [1.54, 1.807) is 35.3 Å². The van der Waals surface area contributed by atoms with E-state index >= 15 is 0 Å². The van der Waals surface area contributed by atoms with Crippen LogP contribution in [0, 0.1) is 0 Å². The predicted octanol–water partition coefficient (Wildman–Crippen LogP) is 2.32. The number of carbonyl (C=O) groups is 1. The molecule has 0 fully saturated rings. The summed E-state index contributed by atoms with van der Waals surface area (Å²) in [5.41, 5.74) is 0.609. The van der Waals surface area contributed by atoms with E-state index in [1.165, 1.54) is 4.57 Å². The highest BCUT2D eigenvalue weighted by molar-refractivity contribution is 5.93. The Hall–Kier alpha value is -2.89. The normalized spacial score (nSPS) is 12.0. The van der Waals surface area contributed by atoms with Crippen LogP contribution >= 0.6 is 0 Å². The molecule has 0 amide bonds. The van der Waals surface area contributed by atoms with Gasteiger partial charge in [-0.25, -0.2) is 0 Å². The molecule has 3 rings (SSSR count). The first-order valence-electron chi connectivity index (χ1n) is 7.46. The van der Waals surface area contributed by atoms with E-state index < -0.39 is 0 Å². The lowest BCUT2D eigenvalue weighted by Gasteiger charge is -2.05. The second kappa shape index (κ2) is 6.48. The second-order valence-electron chi connectivity index (χ2n) is 5.43. The van der Waals surface area contributed by atoms with Crippen molar-refractivity contribution in [2.45, 2.75) is 26.4 Å². The zero-order valence-electron chi connectivity index (χ0n) is 13.1. The lowest BCUT2D eigenvalue weighted by molar-refractivity contribution is 0.0925. The summed E-state index contributed by atoms with van der Waals surface area (Å²) < 4.78 is 8.90. The summed E-state index contributed by atoms with van der Waals surface area (Å²) in [5.74, 6) is 0.719. The molecule has 0 aromatic carbocycles. The van der Waals surface area contributed by atoms with Crippen LogP contribution in [0.1, 0.15) is 30.2 Å². The Morgan fingerprint density at radius 3 is 2.83 bits per heavy atom. The first-order valence-corrected chi connectivity index (χ1v) is 7.46. The molecule has 0 bridgehead atoms. The topological polar surface area (TPSA) is 65.3 Å². The number of pyridine rings is 1. The van der Waals surface area contributed by atoms with Crippen LogP contribution in [-0.4, -0.2) is 26.3 Å². The number of hydrogen-bond acceptors (Lipinski definition) is 4. The average molecular weight is 310 g/mol. The molecule has 0 spiro atoms. The van der Waals surface area contributed by atoms with Gasteiger partial charge in [-0.2, -0.15) is 5.10 Å². The molecule has 0 N–H and O–H groups in total. The van der Waals surface area contributed by atoms with Gasteiger partial charge in [0.1, 0.15) is 11.2 Å². The van der Waals surface area contributed by atoms with Gasteiger partial charge >= 0.3 is 0 Å². The monoisotopic (exact) mass is 310 g/mol. The first-order chi connectivity index (χ1) is 11.1. The van der Waals surface area contributed by atoms with Crippen molar-refractivity contribution >= 4 is 5.91 Å². The van der Waals surface area contributed by atoms with E-state index in [4.69, 9.17) is 4.42 Å². The summed E-state index contributed by atoms with van der Waals surface area (Å²) in [6.07, 6.45) is 5.24. The lowest BCUT2D eigenvalue weighted by atomic mass is 10.3. The standard InChI is InChI=1S/C17H18N4O2/c1-13(2)19-16-6-3-4-11-21(16)17(22)15-8-7-14(23-15)12-20-10-5-9-18-20/h3-11,13H,12H2,1-2H3. The molecule has 0 radical (unpaired) electrons. The summed E-state index contributed by atoms with van der Waals surface area (Å²) in [5, 5.41) is 4.12. The highest BCUT2D eigenvalue weighted by Crippen LogP contribution is 2.10. The molecule has 0 atom stereocenters. The third-order valence-electron chi connectivity index (χ3n) is 3.20. The highest BCUT2D eigenvalue weighted by atomic mass is 16.4. The molecule has 0 aliphatic carbocycles. The molecule has 0 saturated carbocycles. The summed E-state index contributed by atoms with van der Waals surface area (Å²) in [6.45, 7) is 4.43. The maximum atomic E-state index is 12.7. The molecule has 0 aliphatic heterocycles. The van der Waals surface area contributed by atoms with Crippen molar-refractivity contribution in [2.75, 3.05) is 0 Å². The Morgan fingerprint density at radius 1 is 1.22 bits per heavy atom. The second-order valence-corrected chi connectivity index (χ2v) is 5.43. The third kappa shape index (κ3) is 3.48. The van der Waals surface area contributed by atoms with Crippen LogP contribution in [0.3, 0.4) is 0 Å². The number of rotatable bonds is 4. The number of nitrogens with zero attached hydrogens (tertiary/aromatic N) is 4. The number of furan rings is 1. The highest BCUT2D eigenvalue weighted by Gasteiger charge is 2.14. The van der Waals surface area contributed by atoms with Crippen molar-refractivity contribution in [1.29, 1.82) is 0 Å². The minimum absolute atomic E-state index is 0.100. The van der Waals surface area contributed by atoms with E-state index in [-0.39, 0.29) is 17.7 Å². The van der Waals surface area contributed by atoms with Crippen LogP contribution in [0.5, 0.6) is 0 Å². The van der Waals surface area contributed by atoms with E-state index in [1.807, 2.05) is 38.2 Å². The summed E-state index contributed by atoms with van der Waals surface area (Å²) >= 11 is 0. The minimum Gasteiger partial charge on any atom is -0.454 e. The Kier molecular flexibility index (Phi) is 4.23. The molecule has 23 heavy (non-hydrogen) atoms. The fourth-order valence-electron chi connectivity index (χ4n) is 2.23. The van der Waals surface area contributed by atoms with E-state index in [0.29, 0.717) is 17.8 Å². The molecule has 6 nitrogen and oxygen atoms in total. The van der Waals surface area contributed by atoms with E-state index in [9.17, 15) is 4.79 Å². The Morgan fingerprint density at radius 2 is 2.09 bits per heavy atom. The zero-order valence-corrected chi connectivity index (χ0v) is 13.1. The molecule has 3 aromatic heterocycles. The molecule has 3 heterocycles. The molecule has 3 aromatic rings. The van der Waals surface area contributed by atoms with Crippen LogP contribution in [0.15, 0.2) is 64.4 Å². The van der Waals surface area contributed by atoms with Crippen LogP contribution < -0.4 is 5.49 Å². The van der Waals surface area contributed by atoms with E-state index in [0.717, 1.165) is 0 Å². The average Bonchev–Trinajstić information content (AvgIpc) is 3.19. The lowest BCUT2D eigenvalue weighted by Crippen LogP contribution is -2.27. The van der Waals surface area contributed by atoms with Gasteiger partial charge in [0, 0.05) is 24.6 Å². The van der Waals surface area contributed by atoms with Crippen molar-refractivity contribution < 1.29 is 9.21 Å². The van der Waals surface area contributed by atoms with Gasteiger partial charge in [-0.1, -0.05) is 6.07 Å². The van der Waals surface area contributed by atoms with Gasteiger partial charge in [0.15, 0.2) is 5.76 Å². The Labute approximate surface area is 133 Å². The van der Waals surface area contributed by atoms with Gasteiger partial charge in [-0.05, 0) is 44.2 Å². The fraction of sp³-hybridized carbons (Fsp3) is 0.235. The number of carbonyl (C=O) groups excluding carboxylic acids is 1. The smallest absolute Gasteiger partial charge is 0.299 e. The quantitative estimate of drug-likeness (QED) is 0.743. The van der Waals surface area contributed by atoms with Gasteiger partial charge in [-0.3, -0.25) is 19.0 Å². The molecule has 0 aliphatic rings. The summed E-state index contributed by atoms with van der Waals surface area (Å²) in [7, 11) is 0. The maximum Gasteiger partial charge on any atom is 0.299 e. The Balaban J connectivity index is 1.88. The van der Waals surface area contributed by atoms with Gasteiger partial charge < -0.3 is 4.42 Å². The molecule has 0 saturated heterocycles. The van der Waals surface area contributed by atoms with Crippen molar-refractivity contribution in [2.24, 2.45) is 4.99 Å². The maximum absolute atomic E-state index is 12.7. The molecule has 6 heteroatoms. The van der Waals surface area contributed by atoms with Crippen LogP contribution in [-0.2, 0) is 6.54 Å². The predicted molar refractivity (Wildman–Crippen MR) is 84.9 cm³/mol. The van der Waals surface area contributed by atoms with Gasteiger partial charge in [0.25, 0.3) is 5.91 Å². The third-order valence-corrected chi connectivity index (χ3v) is 3.20. The van der Waals surface area contributed by atoms with Crippen molar-refractivity contribution in [3.63, 3.8) is 0 Å². The summed E-state index contributed by atoms with van der Waals surface area (Å²) in [6, 6.07) is 10.9. The van der Waals surface area contributed by atoms with Crippen LogP contribution in [0.2, 0.25) is 0 Å². The van der Waals surface area contributed by atoms with Gasteiger partial charge in [0.05, 0.1) is 6.54 Å². The van der Waals surface area contributed by atoms with Gasteiger partial charge in [-0.15, -0.1) is 0 Å². The number of aromatic nitrogens is 3. The van der Waals surface area contributed by atoms with Gasteiger partial charge in [0.2, 0.25) is 0 Å². The fourth-order valence-corrected chi connectivity index (χ4v) is 2.23. The first kappa shape index (κ1) is 15.0. The number of hydrogen-bond donors (Lipinski definition) is 0. The molecular weight excluding hydrogens is 292 g/mol.